The van der Waals surface area contributed by atoms with Crippen molar-refractivity contribution in [3.8, 4) is 0 Å². The maximum atomic E-state index is 12.5. The minimum atomic E-state index is -0.202. The molecule has 0 aliphatic rings. The minimum absolute atomic E-state index is 0.202. The van der Waals surface area contributed by atoms with Crippen LogP contribution in [0.15, 0.2) is 34.7 Å². The number of pyridine rings is 1. The van der Waals surface area contributed by atoms with Crippen LogP contribution in [-0.4, -0.2) is 32.4 Å². The summed E-state index contributed by atoms with van der Waals surface area (Å²) in [6.07, 6.45) is 4.52. The van der Waals surface area contributed by atoms with Crippen LogP contribution in [0.25, 0.3) is 0 Å². The second-order valence-corrected chi connectivity index (χ2v) is 8.47. The normalized spacial score (nSPS) is 11.1. The molecular weight excluding hydrogens is 392 g/mol. The summed E-state index contributed by atoms with van der Waals surface area (Å²) in [6.45, 7) is 2.73. The molecule has 0 aliphatic carbocycles. The van der Waals surface area contributed by atoms with Crippen molar-refractivity contribution in [2.24, 2.45) is 0 Å². The van der Waals surface area contributed by atoms with E-state index in [-0.39, 0.29) is 5.56 Å². The van der Waals surface area contributed by atoms with Gasteiger partial charge in [0.05, 0.1) is 5.69 Å². The van der Waals surface area contributed by atoms with Gasteiger partial charge in [0.2, 0.25) is 0 Å². The van der Waals surface area contributed by atoms with Crippen LogP contribution in [0.5, 0.6) is 0 Å². The van der Waals surface area contributed by atoms with Crippen LogP contribution in [0.2, 0.25) is 0 Å². The molecule has 0 atom stereocenters. The molecule has 0 aliphatic heterocycles. The Morgan fingerprint density at radius 2 is 2.14 bits per heavy atom. The summed E-state index contributed by atoms with van der Waals surface area (Å²) < 4.78 is 1.17. The molecule has 0 spiro atoms. The smallest absolute Gasteiger partial charge is 0.275 e. The Balaban J connectivity index is 1.55. The quantitative estimate of drug-likeness (QED) is 0.406. The van der Waals surface area contributed by atoms with Crippen molar-refractivity contribution >= 4 is 23.1 Å². The first-order valence-electron chi connectivity index (χ1n) is 8.99. The number of nitrogens with one attached hydrogen (secondary N) is 1. The van der Waals surface area contributed by atoms with Crippen LogP contribution < -0.4 is 16.7 Å². The van der Waals surface area contributed by atoms with E-state index in [9.17, 15) is 4.79 Å². The third-order valence-electron chi connectivity index (χ3n) is 4.16. The zero-order chi connectivity index (χ0) is 19.9. The number of hydrogen-bond acceptors (Lipinski definition) is 8. The SMILES string of the molecule is CNCc1nc(CSCCc2ncc(Cc3ccc(C)nc3)c(=O)n2N)cs1. The minimum Gasteiger partial charge on any atom is -0.335 e. The van der Waals surface area contributed by atoms with Crippen molar-refractivity contribution in [3.05, 3.63) is 73.6 Å². The van der Waals surface area contributed by atoms with E-state index in [1.54, 1.807) is 35.5 Å². The average molecular weight is 417 g/mol. The van der Waals surface area contributed by atoms with E-state index in [0.29, 0.717) is 24.2 Å². The molecule has 0 radical (unpaired) electrons. The van der Waals surface area contributed by atoms with Crippen LogP contribution in [0.4, 0.5) is 0 Å². The maximum Gasteiger partial charge on any atom is 0.275 e. The lowest BCUT2D eigenvalue weighted by Gasteiger charge is -2.09. The first-order chi connectivity index (χ1) is 13.6. The molecule has 0 saturated carbocycles. The second kappa shape index (κ2) is 9.81. The topological polar surface area (TPSA) is 98.7 Å². The van der Waals surface area contributed by atoms with Gasteiger partial charge in [0.1, 0.15) is 10.8 Å². The number of aryl methyl sites for hydroxylation is 2. The standard InChI is InChI=1S/C19H24N6OS2/c1-13-3-4-14(8-22-13)7-15-9-23-17(25(20)19(15)26)5-6-27-11-16-12-28-18(24-16)10-21-2/h3-4,8-9,12,21H,5-7,10-11,20H2,1-2H3. The number of nitrogens with zero attached hydrogens (tertiary/aromatic N) is 4. The van der Waals surface area contributed by atoms with Gasteiger partial charge >= 0.3 is 0 Å². The molecule has 3 aromatic heterocycles. The largest absolute Gasteiger partial charge is 0.335 e. The summed E-state index contributed by atoms with van der Waals surface area (Å²) in [5.41, 5.74) is 3.37. The average Bonchev–Trinajstić information content (AvgIpc) is 3.13. The Bertz CT molecular complexity index is 967. The Kier molecular flexibility index (Phi) is 7.18. The molecule has 0 aromatic carbocycles. The first-order valence-corrected chi connectivity index (χ1v) is 11.0. The maximum absolute atomic E-state index is 12.5. The van der Waals surface area contributed by atoms with E-state index in [4.69, 9.17) is 5.84 Å². The molecule has 28 heavy (non-hydrogen) atoms. The number of hydrogen-bond donors (Lipinski definition) is 2. The predicted octanol–water partition coefficient (Wildman–Crippen LogP) is 1.90. The van der Waals surface area contributed by atoms with Crippen molar-refractivity contribution in [2.75, 3.05) is 18.6 Å². The number of thioether (sulfide) groups is 1. The lowest BCUT2D eigenvalue weighted by atomic mass is 10.1. The van der Waals surface area contributed by atoms with E-state index >= 15 is 0 Å². The van der Waals surface area contributed by atoms with Crippen LogP contribution in [0.1, 0.15) is 33.3 Å². The summed E-state index contributed by atoms with van der Waals surface area (Å²) in [6, 6.07) is 3.90. The predicted molar refractivity (Wildman–Crippen MR) is 115 cm³/mol. The number of rotatable bonds is 9. The number of aromatic nitrogens is 4. The molecule has 0 saturated heterocycles. The molecular formula is C19H24N6OS2. The van der Waals surface area contributed by atoms with Crippen molar-refractivity contribution in [1.82, 2.24) is 24.9 Å². The molecule has 3 heterocycles. The highest BCUT2D eigenvalue weighted by Crippen LogP contribution is 2.16. The van der Waals surface area contributed by atoms with Gasteiger partial charge in [0.25, 0.3) is 5.56 Å². The number of nitrogen functional groups attached to an aromatic ring is 1. The van der Waals surface area contributed by atoms with Gasteiger partial charge in [-0.05, 0) is 25.6 Å². The zero-order valence-corrected chi connectivity index (χ0v) is 17.6. The highest BCUT2D eigenvalue weighted by atomic mass is 32.2. The molecule has 9 heteroatoms. The Labute approximate surface area is 172 Å². The molecule has 0 fully saturated rings. The summed E-state index contributed by atoms with van der Waals surface area (Å²) in [5, 5.41) is 6.28. The van der Waals surface area contributed by atoms with Gasteiger partial charge in [-0.3, -0.25) is 9.78 Å². The van der Waals surface area contributed by atoms with Crippen molar-refractivity contribution in [2.45, 2.75) is 32.1 Å². The van der Waals surface area contributed by atoms with E-state index in [1.165, 1.54) is 4.68 Å². The monoisotopic (exact) mass is 416 g/mol. The highest BCUT2D eigenvalue weighted by molar-refractivity contribution is 7.98. The van der Waals surface area contributed by atoms with Crippen LogP contribution in [0, 0.1) is 6.92 Å². The molecule has 0 unspecified atom stereocenters. The van der Waals surface area contributed by atoms with Crippen molar-refractivity contribution in [1.29, 1.82) is 0 Å². The third-order valence-corrected chi connectivity index (χ3v) is 6.05. The summed E-state index contributed by atoms with van der Waals surface area (Å²) in [4.78, 5) is 25.8. The molecule has 3 rings (SSSR count). The molecule has 0 bridgehead atoms. The third kappa shape index (κ3) is 5.40. The lowest BCUT2D eigenvalue weighted by molar-refractivity contribution is 0.768. The van der Waals surface area contributed by atoms with Gasteiger partial charge in [0.15, 0.2) is 0 Å². The fourth-order valence-electron chi connectivity index (χ4n) is 2.66. The van der Waals surface area contributed by atoms with Crippen molar-refractivity contribution in [3.63, 3.8) is 0 Å². The summed E-state index contributed by atoms with van der Waals surface area (Å²) >= 11 is 3.43. The van der Waals surface area contributed by atoms with Crippen LogP contribution >= 0.6 is 23.1 Å². The first kappa shape index (κ1) is 20.5. The van der Waals surface area contributed by atoms with Gasteiger partial charge in [-0.25, -0.2) is 14.6 Å². The van der Waals surface area contributed by atoms with Gasteiger partial charge in [0, 0.05) is 59.9 Å². The molecule has 0 amide bonds. The molecule has 3 aromatic rings. The fourth-order valence-corrected chi connectivity index (χ4v) is 4.40. The van der Waals surface area contributed by atoms with Gasteiger partial charge in [-0.2, -0.15) is 11.8 Å². The van der Waals surface area contributed by atoms with Gasteiger partial charge in [-0.15, -0.1) is 11.3 Å². The van der Waals surface area contributed by atoms with Gasteiger partial charge in [-0.1, -0.05) is 6.07 Å². The Morgan fingerprint density at radius 3 is 2.89 bits per heavy atom. The molecule has 148 valence electrons. The molecule has 3 N–H and O–H groups in total. The number of thiazole rings is 1. The van der Waals surface area contributed by atoms with Gasteiger partial charge < -0.3 is 11.2 Å². The number of nitrogens with two attached hydrogens (primary N) is 1. The van der Waals surface area contributed by atoms with E-state index in [1.807, 2.05) is 26.1 Å². The van der Waals surface area contributed by atoms with Crippen LogP contribution in [0.3, 0.4) is 0 Å². The second-order valence-electron chi connectivity index (χ2n) is 6.42. The highest BCUT2D eigenvalue weighted by Gasteiger charge is 2.10. The lowest BCUT2D eigenvalue weighted by Crippen LogP contribution is -2.34. The van der Waals surface area contributed by atoms with E-state index in [0.717, 1.165) is 40.0 Å². The summed E-state index contributed by atoms with van der Waals surface area (Å²) in [7, 11) is 1.91. The van der Waals surface area contributed by atoms with E-state index < -0.39 is 0 Å². The fraction of sp³-hybridized carbons (Fsp3) is 0.368. The Hall–Kier alpha value is -2.23. The zero-order valence-electron chi connectivity index (χ0n) is 16.0. The Morgan fingerprint density at radius 1 is 1.29 bits per heavy atom. The summed E-state index contributed by atoms with van der Waals surface area (Å²) in [5.74, 6) is 8.25. The molecule has 7 nitrogen and oxygen atoms in total. The van der Waals surface area contributed by atoms with Crippen LogP contribution in [-0.2, 0) is 25.1 Å². The van der Waals surface area contributed by atoms with Crippen molar-refractivity contribution < 1.29 is 0 Å². The van der Waals surface area contributed by atoms with E-state index in [2.05, 4.69) is 25.6 Å².